The van der Waals surface area contributed by atoms with Crippen LogP contribution in [0.15, 0.2) is 6.33 Å². The van der Waals surface area contributed by atoms with Gasteiger partial charge in [-0.2, -0.15) is 0 Å². The van der Waals surface area contributed by atoms with Crippen molar-refractivity contribution in [1.82, 2.24) is 29.7 Å². The first-order chi connectivity index (χ1) is 14.8. The number of nitrogens with zero attached hydrogens (tertiary/aromatic N) is 6. The molecule has 0 bridgehead atoms. The Labute approximate surface area is 178 Å². The number of carbonyl (C=O) groups is 1. The summed E-state index contributed by atoms with van der Waals surface area (Å²) in [5.41, 5.74) is 1.86. The Hall–Kier alpha value is -2.22. The summed E-state index contributed by atoms with van der Waals surface area (Å²) < 4.78 is 2.28. The quantitative estimate of drug-likeness (QED) is 0.811. The van der Waals surface area contributed by atoms with Gasteiger partial charge in [-0.1, -0.05) is 6.42 Å². The van der Waals surface area contributed by atoms with Gasteiger partial charge in [0.05, 0.1) is 5.92 Å². The maximum atomic E-state index is 12.8. The highest BCUT2D eigenvalue weighted by atomic mass is 16.1. The molecule has 0 aliphatic carbocycles. The Bertz CT molecular complexity index is 889. The number of amides is 1. The molecule has 3 aliphatic rings. The van der Waals surface area contributed by atoms with Crippen LogP contribution in [-0.2, 0) is 17.8 Å². The molecule has 0 unspecified atom stereocenters. The topological polar surface area (TPSA) is 79.2 Å². The molecule has 30 heavy (non-hydrogen) atoms. The molecule has 0 aromatic carbocycles. The number of aromatic nitrogens is 4. The predicted molar refractivity (Wildman–Crippen MR) is 116 cm³/mol. The second kappa shape index (κ2) is 8.88. The number of imidazole rings is 1. The minimum Gasteiger partial charge on any atom is -0.355 e. The maximum Gasteiger partial charge on any atom is 0.224 e. The SMILES string of the molecule is O=C(NCCN1CCCC1)[C@H]1CCCN(c2ncnc3c2nc2n3CCCCC2)C1. The van der Waals surface area contributed by atoms with E-state index in [4.69, 9.17) is 4.98 Å². The molecule has 3 aliphatic heterocycles. The zero-order chi connectivity index (χ0) is 20.3. The highest BCUT2D eigenvalue weighted by Gasteiger charge is 2.29. The molecule has 1 amide bonds. The number of piperidine rings is 1. The Morgan fingerprint density at radius 1 is 1.03 bits per heavy atom. The van der Waals surface area contributed by atoms with Crippen LogP contribution in [0.5, 0.6) is 0 Å². The molecule has 0 radical (unpaired) electrons. The summed E-state index contributed by atoms with van der Waals surface area (Å²) in [4.78, 5) is 31.6. The number of aryl methyl sites for hydroxylation is 2. The van der Waals surface area contributed by atoms with Crippen molar-refractivity contribution in [3.8, 4) is 0 Å². The van der Waals surface area contributed by atoms with Crippen LogP contribution in [0, 0.1) is 5.92 Å². The maximum absolute atomic E-state index is 12.8. The second-order valence-electron chi connectivity index (χ2n) is 8.98. The lowest BCUT2D eigenvalue weighted by molar-refractivity contribution is -0.125. The average molecular weight is 412 g/mol. The number of hydrogen-bond donors (Lipinski definition) is 1. The molecule has 5 heterocycles. The van der Waals surface area contributed by atoms with Gasteiger partial charge in [0.2, 0.25) is 5.91 Å². The van der Waals surface area contributed by atoms with Crippen molar-refractivity contribution in [3.63, 3.8) is 0 Å². The molecular weight excluding hydrogens is 378 g/mol. The second-order valence-corrected chi connectivity index (χ2v) is 8.98. The van der Waals surface area contributed by atoms with Crippen molar-refractivity contribution >= 4 is 22.9 Å². The van der Waals surface area contributed by atoms with Crippen molar-refractivity contribution in [1.29, 1.82) is 0 Å². The van der Waals surface area contributed by atoms with E-state index in [0.29, 0.717) is 6.54 Å². The fraction of sp³-hybridized carbons (Fsp3) is 0.727. The van der Waals surface area contributed by atoms with E-state index in [1.54, 1.807) is 6.33 Å². The van der Waals surface area contributed by atoms with Gasteiger partial charge in [0.15, 0.2) is 17.0 Å². The lowest BCUT2D eigenvalue weighted by atomic mass is 9.97. The van der Waals surface area contributed by atoms with Crippen molar-refractivity contribution in [2.75, 3.05) is 44.2 Å². The highest BCUT2D eigenvalue weighted by molar-refractivity contribution is 5.85. The van der Waals surface area contributed by atoms with Gasteiger partial charge >= 0.3 is 0 Å². The summed E-state index contributed by atoms with van der Waals surface area (Å²) in [5, 5.41) is 3.18. The molecule has 1 atom stereocenters. The van der Waals surface area contributed by atoms with Crippen LogP contribution < -0.4 is 10.2 Å². The molecule has 8 heteroatoms. The summed E-state index contributed by atoms with van der Waals surface area (Å²) in [5.74, 6) is 2.24. The zero-order valence-corrected chi connectivity index (χ0v) is 17.9. The molecule has 2 saturated heterocycles. The van der Waals surface area contributed by atoms with Crippen molar-refractivity contribution < 1.29 is 4.79 Å². The third kappa shape index (κ3) is 4.02. The first-order valence-electron chi connectivity index (χ1n) is 11.7. The molecule has 2 aromatic rings. The number of rotatable bonds is 5. The van der Waals surface area contributed by atoms with E-state index < -0.39 is 0 Å². The number of fused-ring (bicyclic) bond motifs is 3. The van der Waals surface area contributed by atoms with Gasteiger partial charge in [0, 0.05) is 39.1 Å². The molecule has 2 fully saturated rings. The van der Waals surface area contributed by atoms with Crippen LogP contribution in [-0.4, -0.2) is 69.6 Å². The summed E-state index contributed by atoms with van der Waals surface area (Å²) in [6.45, 7) is 6.69. The Kier molecular flexibility index (Phi) is 5.84. The van der Waals surface area contributed by atoms with Gasteiger partial charge in [-0.3, -0.25) is 4.79 Å². The summed E-state index contributed by atoms with van der Waals surface area (Å²) in [6, 6.07) is 0. The number of anilines is 1. The van der Waals surface area contributed by atoms with Crippen molar-refractivity contribution in [2.24, 2.45) is 5.92 Å². The zero-order valence-electron chi connectivity index (χ0n) is 17.9. The molecule has 0 spiro atoms. The Balaban J connectivity index is 1.27. The normalized spacial score (nSPS) is 22.8. The van der Waals surface area contributed by atoms with Crippen LogP contribution >= 0.6 is 0 Å². The largest absolute Gasteiger partial charge is 0.355 e. The lowest BCUT2D eigenvalue weighted by Gasteiger charge is -2.33. The molecule has 1 N–H and O–H groups in total. The number of carbonyl (C=O) groups excluding carboxylic acids is 1. The van der Waals surface area contributed by atoms with Crippen LogP contribution in [0.1, 0.15) is 50.8 Å². The number of hydrogen-bond acceptors (Lipinski definition) is 6. The minimum absolute atomic E-state index is 0.0165. The van der Waals surface area contributed by atoms with Crippen LogP contribution in [0.25, 0.3) is 11.2 Å². The fourth-order valence-corrected chi connectivity index (χ4v) is 5.23. The number of likely N-dealkylation sites (tertiary alicyclic amines) is 1. The minimum atomic E-state index is 0.0165. The third-order valence-corrected chi connectivity index (χ3v) is 6.89. The van der Waals surface area contributed by atoms with E-state index in [9.17, 15) is 4.79 Å². The molecule has 8 nitrogen and oxygen atoms in total. The Morgan fingerprint density at radius 2 is 1.90 bits per heavy atom. The van der Waals surface area contributed by atoms with Gasteiger partial charge in [0.25, 0.3) is 0 Å². The first kappa shape index (κ1) is 19.7. The fourth-order valence-electron chi connectivity index (χ4n) is 5.23. The van der Waals surface area contributed by atoms with Crippen LogP contribution in [0.3, 0.4) is 0 Å². The molecule has 5 rings (SSSR count). The van der Waals surface area contributed by atoms with Crippen molar-refractivity contribution in [3.05, 3.63) is 12.2 Å². The first-order valence-corrected chi connectivity index (χ1v) is 11.7. The van der Waals surface area contributed by atoms with Gasteiger partial charge in [-0.15, -0.1) is 0 Å². The lowest BCUT2D eigenvalue weighted by Crippen LogP contribution is -2.45. The van der Waals surface area contributed by atoms with E-state index in [-0.39, 0.29) is 11.8 Å². The Morgan fingerprint density at radius 3 is 2.80 bits per heavy atom. The van der Waals surface area contributed by atoms with E-state index >= 15 is 0 Å². The monoisotopic (exact) mass is 411 g/mol. The van der Waals surface area contributed by atoms with Gasteiger partial charge in [-0.25, -0.2) is 15.0 Å². The third-order valence-electron chi connectivity index (χ3n) is 6.89. The average Bonchev–Trinajstić information content (AvgIpc) is 3.35. The smallest absolute Gasteiger partial charge is 0.224 e. The molecule has 2 aromatic heterocycles. The molecule has 162 valence electrons. The van der Waals surface area contributed by atoms with Gasteiger partial charge in [0.1, 0.15) is 12.2 Å². The van der Waals surface area contributed by atoms with E-state index in [2.05, 4.69) is 29.7 Å². The highest BCUT2D eigenvalue weighted by Crippen LogP contribution is 2.29. The van der Waals surface area contributed by atoms with Gasteiger partial charge in [-0.05, 0) is 51.6 Å². The summed E-state index contributed by atoms with van der Waals surface area (Å²) in [7, 11) is 0. The molecular formula is C22H33N7O. The van der Waals surface area contributed by atoms with Gasteiger partial charge < -0.3 is 19.7 Å². The predicted octanol–water partition coefficient (Wildman–Crippen LogP) is 1.98. The number of nitrogens with one attached hydrogen (secondary N) is 1. The summed E-state index contributed by atoms with van der Waals surface area (Å²) >= 11 is 0. The standard InChI is InChI=1S/C22H33N7O/c30-22(23-9-14-27-10-4-5-11-27)17-7-6-12-28(15-17)20-19-21(25-16-24-20)29-13-3-1-2-8-18(29)26-19/h16-17H,1-15H2,(H,23,30)/t17-/m0/s1. The van der Waals surface area contributed by atoms with E-state index in [1.807, 2.05) is 0 Å². The van der Waals surface area contributed by atoms with Crippen LogP contribution in [0.4, 0.5) is 5.82 Å². The summed E-state index contributed by atoms with van der Waals surface area (Å²) in [6.07, 6.45) is 10.8. The molecule has 0 saturated carbocycles. The van der Waals surface area contributed by atoms with E-state index in [1.165, 1.54) is 45.2 Å². The van der Waals surface area contributed by atoms with Crippen molar-refractivity contribution in [2.45, 2.75) is 57.9 Å². The van der Waals surface area contributed by atoms with E-state index in [0.717, 1.165) is 68.2 Å². The van der Waals surface area contributed by atoms with Crippen LogP contribution in [0.2, 0.25) is 0 Å².